The number of nitrogens with one attached hydrogen (secondary N) is 1. The fourth-order valence-electron chi connectivity index (χ4n) is 2.73. The number of ether oxygens (including phenoxy) is 2. The monoisotopic (exact) mass is 400 g/mol. The molecule has 28 heavy (non-hydrogen) atoms. The molecule has 7 heteroatoms. The van der Waals surface area contributed by atoms with Crippen LogP contribution < -0.4 is 19.9 Å². The molecule has 6 nitrogen and oxygen atoms in total. The molecule has 0 unspecified atom stereocenters. The lowest BCUT2D eigenvalue weighted by molar-refractivity contribution is -0.117. The van der Waals surface area contributed by atoms with E-state index >= 15 is 0 Å². The van der Waals surface area contributed by atoms with Gasteiger partial charge in [-0.15, -0.1) is 0 Å². The Balaban J connectivity index is 2.04. The van der Waals surface area contributed by atoms with Gasteiger partial charge in [-0.3, -0.25) is 15.0 Å². The lowest BCUT2D eigenvalue weighted by Gasteiger charge is -2.18. The number of methoxy groups -OCH3 is 1. The summed E-state index contributed by atoms with van der Waals surface area (Å²) in [5.41, 5.74) is 3.64. The molecule has 0 aliphatic carbocycles. The number of carbonyl (C=O) groups is 2. The number of amides is 2. The van der Waals surface area contributed by atoms with Crippen molar-refractivity contribution in [3.63, 3.8) is 0 Å². The highest BCUT2D eigenvalue weighted by atomic mass is 35.5. The summed E-state index contributed by atoms with van der Waals surface area (Å²) in [5, 5.41) is 1.62. The zero-order chi connectivity index (χ0) is 20.3. The van der Waals surface area contributed by atoms with Crippen LogP contribution in [0.3, 0.4) is 0 Å². The Morgan fingerprint density at radius 1 is 1.21 bits per heavy atom. The Morgan fingerprint density at radius 3 is 2.57 bits per heavy atom. The summed E-state index contributed by atoms with van der Waals surface area (Å²) in [6.07, 6.45) is 2.18. The molecule has 1 fully saturated rings. The molecule has 2 aromatic rings. The molecule has 0 spiro atoms. The highest BCUT2D eigenvalue weighted by molar-refractivity contribution is 6.32. The van der Waals surface area contributed by atoms with E-state index < -0.39 is 11.8 Å². The Morgan fingerprint density at radius 2 is 1.93 bits per heavy atom. The van der Waals surface area contributed by atoms with E-state index in [1.165, 1.54) is 18.2 Å². The van der Waals surface area contributed by atoms with Crippen molar-refractivity contribution >= 4 is 35.2 Å². The predicted molar refractivity (Wildman–Crippen MR) is 108 cm³/mol. The van der Waals surface area contributed by atoms with Gasteiger partial charge in [0.25, 0.3) is 11.8 Å². The van der Waals surface area contributed by atoms with Crippen LogP contribution >= 0.6 is 11.6 Å². The SMILES string of the molecule is CC[C@@H](C)Oc1c(/C=C2/C(=O)NN(c3ccccc3)C2=O)cc(Cl)cc1OC. The summed E-state index contributed by atoms with van der Waals surface area (Å²) in [5.74, 6) is -0.0788. The number of para-hydroxylation sites is 1. The average molecular weight is 401 g/mol. The van der Waals surface area contributed by atoms with Crippen molar-refractivity contribution in [1.82, 2.24) is 5.43 Å². The third kappa shape index (κ3) is 3.97. The number of anilines is 1. The van der Waals surface area contributed by atoms with Crippen molar-refractivity contribution in [3.05, 3.63) is 58.6 Å². The summed E-state index contributed by atoms with van der Waals surface area (Å²) >= 11 is 6.19. The van der Waals surface area contributed by atoms with Crippen LogP contribution in [-0.2, 0) is 9.59 Å². The molecule has 146 valence electrons. The van der Waals surface area contributed by atoms with Gasteiger partial charge in [-0.25, -0.2) is 5.01 Å². The van der Waals surface area contributed by atoms with Crippen molar-refractivity contribution in [3.8, 4) is 11.5 Å². The maximum atomic E-state index is 12.8. The fraction of sp³-hybridized carbons (Fsp3) is 0.238. The average Bonchev–Trinajstić information content (AvgIpc) is 2.98. The molecule has 1 atom stereocenters. The van der Waals surface area contributed by atoms with E-state index in [1.807, 2.05) is 19.9 Å². The largest absolute Gasteiger partial charge is 0.493 e. The number of hydrogen-bond acceptors (Lipinski definition) is 4. The molecule has 0 saturated carbocycles. The normalized spacial score (nSPS) is 16.3. The number of halogens is 1. The summed E-state index contributed by atoms with van der Waals surface area (Å²) in [7, 11) is 1.51. The topological polar surface area (TPSA) is 67.9 Å². The molecule has 0 radical (unpaired) electrons. The van der Waals surface area contributed by atoms with Gasteiger partial charge in [0.05, 0.1) is 18.9 Å². The first-order valence-electron chi connectivity index (χ1n) is 8.91. The lowest BCUT2D eigenvalue weighted by Crippen LogP contribution is -2.35. The number of rotatable bonds is 6. The van der Waals surface area contributed by atoms with Gasteiger partial charge < -0.3 is 9.47 Å². The van der Waals surface area contributed by atoms with Crippen LogP contribution in [0.2, 0.25) is 5.02 Å². The van der Waals surface area contributed by atoms with Crippen LogP contribution in [0.5, 0.6) is 11.5 Å². The van der Waals surface area contributed by atoms with Crippen LogP contribution in [-0.4, -0.2) is 25.0 Å². The maximum absolute atomic E-state index is 12.8. The molecule has 2 amide bonds. The third-order valence-corrected chi connectivity index (χ3v) is 4.59. The summed E-state index contributed by atoms with van der Waals surface area (Å²) in [6, 6.07) is 12.2. The molecular weight excluding hydrogens is 380 g/mol. The Hall–Kier alpha value is -2.99. The van der Waals surface area contributed by atoms with Gasteiger partial charge in [-0.05, 0) is 37.6 Å². The van der Waals surface area contributed by atoms with Gasteiger partial charge >= 0.3 is 0 Å². The van der Waals surface area contributed by atoms with E-state index in [1.54, 1.807) is 36.4 Å². The minimum absolute atomic E-state index is 0.0119. The smallest absolute Gasteiger partial charge is 0.282 e. The molecular formula is C21H21ClN2O4. The number of hydrogen-bond donors (Lipinski definition) is 1. The zero-order valence-corrected chi connectivity index (χ0v) is 16.6. The first-order valence-corrected chi connectivity index (χ1v) is 9.28. The molecule has 2 aromatic carbocycles. The molecule has 3 rings (SSSR count). The minimum Gasteiger partial charge on any atom is -0.493 e. The van der Waals surface area contributed by atoms with Gasteiger partial charge in [0.2, 0.25) is 0 Å². The Kier molecular flexibility index (Phi) is 5.90. The van der Waals surface area contributed by atoms with Gasteiger partial charge in [0.15, 0.2) is 11.5 Å². The van der Waals surface area contributed by atoms with Crippen molar-refractivity contribution < 1.29 is 19.1 Å². The van der Waals surface area contributed by atoms with E-state index in [0.29, 0.717) is 27.8 Å². The van der Waals surface area contributed by atoms with Crippen molar-refractivity contribution in [1.29, 1.82) is 0 Å². The first kappa shape index (κ1) is 19.8. The number of benzene rings is 2. The number of hydrazine groups is 1. The van der Waals surface area contributed by atoms with E-state index in [9.17, 15) is 9.59 Å². The second-order valence-corrected chi connectivity index (χ2v) is 6.77. The molecule has 1 heterocycles. The van der Waals surface area contributed by atoms with Crippen LogP contribution in [0, 0.1) is 0 Å². The summed E-state index contributed by atoms with van der Waals surface area (Å²) < 4.78 is 11.4. The van der Waals surface area contributed by atoms with Gasteiger partial charge in [0, 0.05) is 16.7 Å². The standard InChI is InChI=1S/C21H21ClN2O4/c1-4-13(2)28-19-14(10-15(22)12-18(19)27-3)11-17-20(25)23-24(21(17)26)16-8-6-5-7-9-16/h5-13H,4H2,1-3H3,(H,23,25)/b17-11-/t13-/m1/s1. The quantitative estimate of drug-likeness (QED) is 0.588. The van der Waals surface area contributed by atoms with E-state index in [2.05, 4.69) is 5.43 Å². The Bertz CT molecular complexity index is 928. The summed E-state index contributed by atoms with van der Waals surface area (Å²) in [6.45, 7) is 3.92. The fourth-order valence-corrected chi connectivity index (χ4v) is 2.95. The first-order chi connectivity index (χ1) is 13.4. The molecule has 0 bridgehead atoms. The summed E-state index contributed by atoms with van der Waals surface area (Å²) in [4.78, 5) is 25.3. The van der Waals surface area contributed by atoms with E-state index in [0.717, 1.165) is 6.42 Å². The predicted octanol–water partition coefficient (Wildman–Crippen LogP) is 3.99. The number of carbonyl (C=O) groups excluding carboxylic acids is 2. The lowest BCUT2D eigenvalue weighted by atomic mass is 10.1. The van der Waals surface area contributed by atoms with E-state index in [4.69, 9.17) is 21.1 Å². The van der Waals surface area contributed by atoms with Crippen LogP contribution in [0.4, 0.5) is 5.69 Å². The van der Waals surface area contributed by atoms with Crippen LogP contribution in [0.15, 0.2) is 48.0 Å². The second kappa shape index (κ2) is 8.35. The van der Waals surface area contributed by atoms with Gasteiger partial charge in [-0.1, -0.05) is 36.7 Å². The highest BCUT2D eigenvalue weighted by Crippen LogP contribution is 2.37. The zero-order valence-electron chi connectivity index (χ0n) is 15.9. The highest BCUT2D eigenvalue weighted by Gasteiger charge is 2.34. The van der Waals surface area contributed by atoms with Crippen LogP contribution in [0.25, 0.3) is 6.08 Å². The molecule has 1 aliphatic heterocycles. The Labute approximate surface area is 168 Å². The van der Waals surface area contributed by atoms with Crippen molar-refractivity contribution in [2.45, 2.75) is 26.4 Å². The number of nitrogens with zero attached hydrogens (tertiary/aromatic N) is 1. The van der Waals surface area contributed by atoms with Crippen molar-refractivity contribution in [2.24, 2.45) is 0 Å². The molecule has 1 N–H and O–H groups in total. The van der Waals surface area contributed by atoms with E-state index in [-0.39, 0.29) is 11.7 Å². The second-order valence-electron chi connectivity index (χ2n) is 6.34. The van der Waals surface area contributed by atoms with Gasteiger partial charge in [0.1, 0.15) is 5.57 Å². The molecule has 1 aliphatic rings. The van der Waals surface area contributed by atoms with Gasteiger partial charge in [-0.2, -0.15) is 0 Å². The molecule has 0 aromatic heterocycles. The van der Waals surface area contributed by atoms with Crippen molar-refractivity contribution in [2.75, 3.05) is 12.1 Å². The van der Waals surface area contributed by atoms with Crippen LogP contribution in [0.1, 0.15) is 25.8 Å². The maximum Gasteiger partial charge on any atom is 0.282 e. The minimum atomic E-state index is -0.498. The molecule has 1 saturated heterocycles. The third-order valence-electron chi connectivity index (χ3n) is 4.37.